The molecule has 2 N–H and O–H groups in total. The summed E-state index contributed by atoms with van der Waals surface area (Å²) in [6, 6.07) is 14.3. The molecule has 0 atom stereocenters. The van der Waals surface area contributed by atoms with E-state index in [1.54, 1.807) is 6.07 Å². The number of hydrogen-bond acceptors (Lipinski definition) is 5. The van der Waals surface area contributed by atoms with E-state index in [-0.39, 0.29) is 11.3 Å². The van der Waals surface area contributed by atoms with Crippen LogP contribution < -0.4 is 10.1 Å². The minimum atomic E-state index is -0.681. The Bertz CT molecular complexity index is 709. The van der Waals surface area contributed by atoms with Crippen LogP contribution in [0.4, 0.5) is 0 Å². The third-order valence-corrected chi connectivity index (χ3v) is 4.42. The lowest BCUT2D eigenvalue weighted by Gasteiger charge is -2.37. The molecule has 5 heteroatoms. The number of nitrogens with one attached hydrogen (secondary N) is 1. The van der Waals surface area contributed by atoms with Gasteiger partial charge < -0.3 is 19.9 Å². The number of aromatic hydroxyl groups is 1. The van der Waals surface area contributed by atoms with Crippen molar-refractivity contribution >= 4 is 5.97 Å². The molecular weight excluding hydrogens is 306 g/mol. The first-order chi connectivity index (χ1) is 11.6. The predicted octanol–water partition coefficient (Wildman–Crippen LogP) is 2.84. The third kappa shape index (κ3) is 3.21. The number of ether oxygens (including phenoxy) is 2. The van der Waals surface area contributed by atoms with E-state index in [1.807, 2.05) is 30.3 Å². The van der Waals surface area contributed by atoms with E-state index in [1.165, 1.54) is 19.2 Å². The Balaban J connectivity index is 1.92. The largest absolute Gasteiger partial charge is 0.507 e. The predicted molar refractivity (Wildman–Crippen MR) is 90.3 cm³/mol. The Hall–Kier alpha value is -2.53. The Morgan fingerprint density at radius 1 is 1.12 bits per heavy atom. The maximum absolute atomic E-state index is 12.7. The van der Waals surface area contributed by atoms with Gasteiger partial charge in [-0.15, -0.1) is 0 Å². The van der Waals surface area contributed by atoms with Crippen molar-refractivity contribution in [2.24, 2.45) is 0 Å². The van der Waals surface area contributed by atoms with Gasteiger partial charge in [0.15, 0.2) is 0 Å². The van der Waals surface area contributed by atoms with E-state index in [0.29, 0.717) is 18.6 Å². The first-order valence-electron chi connectivity index (χ1n) is 8.01. The number of phenols is 1. The second-order valence-corrected chi connectivity index (χ2v) is 5.88. The summed E-state index contributed by atoms with van der Waals surface area (Å²) in [4.78, 5) is 12.7. The lowest BCUT2D eigenvalue weighted by molar-refractivity contribution is -0.0380. The summed E-state index contributed by atoms with van der Waals surface area (Å²) in [6.45, 7) is 1.54. The number of phenolic OH excluding ortho intramolecular Hbond substituents is 1. The van der Waals surface area contributed by atoms with Gasteiger partial charge >= 0.3 is 5.97 Å². The van der Waals surface area contributed by atoms with Crippen molar-refractivity contribution < 1.29 is 19.4 Å². The van der Waals surface area contributed by atoms with Crippen molar-refractivity contribution in [3.8, 4) is 11.5 Å². The zero-order valence-electron chi connectivity index (χ0n) is 13.6. The van der Waals surface area contributed by atoms with E-state index >= 15 is 0 Å². The molecule has 24 heavy (non-hydrogen) atoms. The van der Waals surface area contributed by atoms with Crippen molar-refractivity contribution in [2.75, 3.05) is 20.2 Å². The van der Waals surface area contributed by atoms with Gasteiger partial charge in [-0.05, 0) is 36.9 Å². The van der Waals surface area contributed by atoms with Crippen LogP contribution in [0, 0.1) is 0 Å². The van der Waals surface area contributed by atoms with Crippen molar-refractivity contribution in [3.63, 3.8) is 0 Å². The molecule has 3 rings (SSSR count). The maximum atomic E-state index is 12.7. The van der Waals surface area contributed by atoms with E-state index in [9.17, 15) is 9.90 Å². The van der Waals surface area contributed by atoms with Gasteiger partial charge in [0, 0.05) is 12.8 Å². The average Bonchev–Trinajstić information content (AvgIpc) is 2.63. The SMILES string of the molecule is COc1ccc(O)c(C(=O)OC2(c3ccccc3)CCNCC2)c1. The summed E-state index contributed by atoms with van der Waals surface area (Å²) in [5, 5.41) is 13.3. The minimum absolute atomic E-state index is 0.113. The molecule has 0 aromatic heterocycles. The maximum Gasteiger partial charge on any atom is 0.342 e. The van der Waals surface area contributed by atoms with Crippen LogP contribution in [-0.2, 0) is 10.3 Å². The van der Waals surface area contributed by atoms with Crippen molar-refractivity contribution in [1.29, 1.82) is 0 Å². The van der Waals surface area contributed by atoms with Crippen molar-refractivity contribution in [3.05, 3.63) is 59.7 Å². The monoisotopic (exact) mass is 327 g/mol. The van der Waals surface area contributed by atoms with E-state index in [4.69, 9.17) is 9.47 Å². The fourth-order valence-corrected chi connectivity index (χ4v) is 3.06. The molecule has 0 radical (unpaired) electrons. The number of piperidine rings is 1. The zero-order valence-corrected chi connectivity index (χ0v) is 13.6. The van der Waals surface area contributed by atoms with Gasteiger partial charge in [0.1, 0.15) is 22.7 Å². The first kappa shape index (κ1) is 16.3. The van der Waals surface area contributed by atoms with Crippen molar-refractivity contribution in [1.82, 2.24) is 5.32 Å². The fourth-order valence-electron chi connectivity index (χ4n) is 3.06. The average molecular weight is 327 g/mol. The molecule has 0 aliphatic carbocycles. The van der Waals surface area contributed by atoms with Gasteiger partial charge in [-0.1, -0.05) is 30.3 Å². The van der Waals surface area contributed by atoms with Crippen LogP contribution in [0.25, 0.3) is 0 Å². The van der Waals surface area contributed by atoms with E-state index < -0.39 is 11.6 Å². The molecule has 0 amide bonds. The highest BCUT2D eigenvalue weighted by atomic mass is 16.6. The molecule has 0 saturated carbocycles. The molecule has 126 valence electrons. The summed E-state index contributed by atoms with van der Waals surface area (Å²) < 4.78 is 11.1. The summed E-state index contributed by atoms with van der Waals surface area (Å²) in [7, 11) is 1.51. The molecule has 5 nitrogen and oxygen atoms in total. The van der Waals surface area contributed by atoms with Crippen LogP contribution >= 0.6 is 0 Å². The lowest BCUT2D eigenvalue weighted by atomic mass is 9.84. The van der Waals surface area contributed by atoms with Gasteiger partial charge in [0.2, 0.25) is 0 Å². The highest BCUT2D eigenvalue weighted by molar-refractivity contribution is 5.93. The molecule has 0 bridgehead atoms. The van der Waals surface area contributed by atoms with E-state index in [0.717, 1.165) is 18.7 Å². The minimum Gasteiger partial charge on any atom is -0.507 e. The number of esters is 1. The molecule has 2 aromatic rings. The first-order valence-corrected chi connectivity index (χ1v) is 8.01. The summed E-state index contributed by atoms with van der Waals surface area (Å²) >= 11 is 0. The number of benzene rings is 2. The number of carbonyl (C=O) groups excluding carboxylic acids is 1. The molecule has 2 aromatic carbocycles. The van der Waals surface area contributed by atoms with Gasteiger partial charge in [0.25, 0.3) is 0 Å². The highest BCUT2D eigenvalue weighted by Gasteiger charge is 2.38. The van der Waals surface area contributed by atoms with E-state index in [2.05, 4.69) is 5.32 Å². The normalized spacial score (nSPS) is 16.4. The number of methoxy groups -OCH3 is 1. The summed E-state index contributed by atoms with van der Waals surface area (Å²) in [5.74, 6) is -0.158. The smallest absolute Gasteiger partial charge is 0.342 e. The molecule has 1 fully saturated rings. The molecule has 1 heterocycles. The number of carbonyl (C=O) groups is 1. The lowest BCUT2D eigenvalue weighted by Crippen LogP contribution is -2.43. The Morgan fingerprint density at radius 2 is 1.83 bits per heavy atom. The standard InChI is InChI=1S/C19H21NO4/c1-23-15-7-8-17(21)16(13-15)18(22)24-19(9-11-20-12-10-19)14-5-3-2-4-6-14/h2-8,13,20-21H,9-12H2,1H3. The topological polar surface area (TPSA) is 67.8 Å². The Kier molecular flexibility index (Phi) is 4.71. The van der Waals surface area contributed by atoms with Crippen LogP contribution in [0.2, 0.25) is 0 Å². The second-order valence-electron chi connectivity index (χ2n) is 5.88. The molecule has 0 spiro atoms. The van der Waals surface area contributed by atoms with Gasteiger partial charge in [-0.25, -0.2) is 4.79 Å². The third-order valence-electron chi connectivity index (χ3n) is 4.42. The van der Waals surface area contributed by atoms with Gasteiger partial charge in [0.05, 0.1) is 7.11 Å². The molecule has 1 saturated heterocycles. The summed E-state index contributed by atoms with van der Waals surface area (Å²) in [6.07, 6.45) is 1.38. The summed E-state index contributed by atoms with van der Waals surface area (Å²) in [5.41, 5.74) is 0.407. The number of hydrogen-bond donors (Lipinski definition) is 2. The quantitative estimate of drug-likeness (QED) is 0.845. The van der Waals surface area contributed by atoms with Gasteiger partial charge in [-0.2, -0.15) is 0 Å². The van der Waals surface area contributed by atoms with Crippen LogP contribution in [0.3, 0.4) is 0 Å². The van der Waals surface area contributed by atoms with Crippen molar-refractivity contribution in [2.45, 2.75) is 18.4 Å². The molecular formula is C19H21NO4. The van der Waals surface area contributed by atoms with Crippen LogP contribution in [0.15, 0.2) is 48.5 Å². The Morgan fingerprint density at radius 3 is 2.50 bits per heavy atom. The van der Waals surface area contributed by atoms with Gasteiger partial charge in [-0.3, -0.25) is 0 Å². The fraction of sp³-hybridized carbons (Fsp3) is 0.316. The van der Waals surface area contributed by atoms with Crippen LogP contribution in [0.1, 0.15) is 28.8 Å². The molecule has 1 aliphatic rings. The molecule has 0 unspecified atom stereocenters. The highest BCUT2D eigenvalue weighted by Crippen LogP contribution is 2.36. The molecule has 1 aliphatic heterocycles. The van der Waals surface area contributed by atoms with Crippen LogP contribution in [-0.4, -0.2) is 31.3 Å². The zero-order chi connectivity index (χ0) is 17.0. The second kappa shape index (κ2) is 6.93. The van der Waals surface area contributed by atoms with Crippen LogP contribution in [0.5, 0.6) is 11.5 Å². The Labute approximate surface area is 141 Å². The number of rotatable bonds is 4.